The Balaban J connectivity index is 4.76. The topological polar surface area (TPSA) is 236 Å². The second-order valence-corrected chi connectivity index (χ2v) is 7.46. The molecule has 0 unspecified atom stereocenters. The van der Waals surface area contributed by atoms with Crippen molar-refractivity contribution in [2.24, 2.45) is 5.73 Å². The van der Waals surface area contributed by atoms with Crippen LogP contribution in [0.1, 0.15) is 13.3 Å². The highest BCUT2D eigenvalue weighted by Gasteiger charge is 2.22. The molecule has 0 atom stereocenters. The SMILES string of the molecule is CCC(=O)NCC(=O)N(CC(=O)NCCNC(=O)CN(CC(=O)OC)C(=O)CNC(=O)CN)CC(=O)OC. The lowest BCUT2D eigenvalue weighted by molar-refractivity contribution is -0.148. The highest BCUT2D eigenvalue weighted by atomic mass is 16.5. The van der Waals surface area contributed by atoms with Crippen molar-refractivity contribution in [3.8, 4) is 0 Å². The quantitative estimate of drug-likeness (QED) is 0.0855. The van der Waals surface area contributed by atoms with E-state index < -0.39 is 80.7 Å². The van der Waals surface area contributed by atoms with Gasteiger partial charge in [0.2, 0.25) is 35.4 Å². The predicted octanol–water partition coefficient (Wildman–Crippen LogP) is -5.18. The lowest BCUT2D eigenvalue weighted by Gasteiger charge is -2.22. The minimum absolute atomic E-state index is 0.0745. The first-order valence-electron chi connectivity index (χ1n) is 11.4. The van der Waals surface area contributed by atoms with E-state index in [4.69, 9.17) is 5.73 Å². The molecule has 0 aliphatic rings. The number of nitrogens with two attached hydrogens (primary N) is 1. The van der Waals surface area contributed by atoms with Crippen LogP contribution >= 0.6 is 0 Å². The molecule has 0 aromatic carbocycles. The summed E-state index contributed by atoms with van der Waals surface area (Å²) in [6, 6.07) is 0. The molecule has 0 heterocycles. The number of esters is 2. The number of amides is 6. The standard InChI is InChI=1S/C21H35N7O10/c1-4-14(29)25-8-18(33)27(12-20(35)37-2)10-16(31)23-5-6-24-17(32)11-28(13-21(36)38-3)19(34)9-26-15(30)7-22/h4-13,22H2,1-3H3,(H,23,31)(H,24,32)(H,25,29)(H,26,30). The summed E-state index contributed by atoms with van der Waals surface area (Å²) in [5.74, 6) is -5.28. The van der Waals surface area contributed by atoms with Crippen LogP contribution in [0.4, 0.5) is 0 Å². The predicted molar refractivity (Wildman–Crippen MR) is 129 cm³/mol. The molecule has 0 fully saturated rings. The third-order valence-electron chi connectivity index (χ3n) is 4.62. The lowest BCUT2D eigenvalue weighted by Crippen LogP contribution is -2.49. The zero-order chi connectivity index (χ0) is 29.1. The number of carbonyl (C=O) groups is 8. The highest BCUT2D eigenvalue weighted by molar-refractivity contribution is 5.91. The fourth-order valence-corrected chi connectivity index (χ4v) is 2.54. The molecule has 0 aromatic rings. The van der Waals surface area contributed by atoms with Crippen molar-refractivity contribution >= 4 is 47.4 Å². The molecule has 0 saturated carbocycles. The van der Waals surface area contributed by atoms with Crippen LogP contribution in [0.15, 0.2) is 0 Å². The van der Waals surface area contributed by atoms with E-state index in [9.17, 15) is 38.4 Å². The minimum Gasteiger partial charge on any atom is -0.468 e. The first-order chi connectivity index (χ1) is 18.0. The van der Waals surface area contributed by atoms with Gasteiger partial charge in [-0.2, -0.15) is 0 Å². The number of hydrogen-bond donors (Lipinski definition) is 5. The van der Waals surface area contributed by atoms with E-state index in [1.807, 2.05) is 0 Å². The first-order valence-corrected chi connectivity index (χ1v) is 11.4. The van der Waals surface area contributed by atoms with Crippen LogP contribution in [-0.2, 0) is 47.8 Å². The molecule has 0 radical (unpaired) electrons. The van der Waals surface area contributed by atoms with E-state index in [-0.39, 0.29) is 32.0 Å². The van der Waals surface area contributed by atoms with Gasteiger partial charge in [0, 0.05) is 19.5 Å². The Kier molecular flexibility index (Phi) is 16.8. The summed E-state index contributed by atoms with van der Waals surface area (Å²) in [5, 5.41) is 9.47. The fraction of sp³-hybridized carbons (Fsp3) is 0.619. The van der Waals surface area contributed by atoms with Gasteiger partial charge in [-0.05, 0) is 0 Å². The fourth-order valence-electron chi connectivity index (χ4n) is 2.54. The molecule has 17 nitrogen and oxygen atoms in total. The molecule has 0 aliphatic heterocycles. The number of carbonyl (C=O) groups excluding carboxylic acids is 8. The third-order valence-corrected chi connectivity index (χ3v) is 4.62. The van der Waals surface area contributed by atoms with Crippen molar-refractivity contribution < 1.29 is 47.8 Å². The van der Waals surface area contributed by atoms with Gasteiger partial charge in [-0.1, -0.05) is 6.92 Å². The minimum atomic E-state index is -0.788. The summed E-state index contributed by atoms with van der Waals surface area (Å²) < 4.78 is 9.01. The number of hydrogen-bond acceptors (Lipinski definition) is 11. The molecule has 0 spiro atoms. The van der Waals surface area contributed by atoms with Gasteiger partial charge in [-0.15, -0.1) is 0 Å². The summed E-state index contributed by atoms with van der Waals surface area (Å²) in [6.07, 6.45) is 0.149. The molecule has 0 rings (SSSR count). The van der Waals surface area contributed by atoms with Crippen LogP contribution < -0.4 is 27.0 Å². The zero-order valence-corrected chi connectivity index (χ0v) is 21.6. The van der Waals surface area contributed by atoms with Gasteiger partial charge in [0.15, 0.2) is 0 Å². The van der Waals surface area contributed by atoms with Crippen molar-refractivity contribution in [1.82, 2.24) is 31.1 Å². The summed E-state index contributed by atoms with van der Waals surface area (Å²) in [4.78, 5) is 96.5. The molecule has 0 bridgehead atoms. The monoisotopic (exact) mass is 545 g/mol. The molecular weight excluding hydrogens is 510 g/mol. The van der Waals surface area contributed by atoms with Gasteiger partial charge < -0.3 is 46.3 Å². The molecule has 17 heteroatoms. The number of rotatable bonds is 17. The van der Waals surface area contributed by atoms with Crippen molar-refractivity contribution in [3.63, 3.8) is 0 Å². The number of methoxy groups -OCH3 is 2. The van der Waals surface area contributed by atoms with Crippen molar-refractivity contribution in [3.05, 3.63) is 0 Å². The Bertz CT molecular complexity index is 810. The van der Waals surface area contributed by atoms with E-state index in [1.54, 1.807) is 6.92 Å². The molecular formula is C21H35N7O10. The van der Waals surface area contributed by atoms with Gasteiger partial charge in [0.1, 0.15) is 26.2 Å². The maximum Gasteiger partial charge on any atom is 0.325 e. The van der Waals surface area contributed by atoms with E-state index >= 15 is 0 Å². The summed E-state index contributed by atoms with van der Waals surface area (Å²) >= 11 is 0. The zero-order valence-electron chi connectivity index (χ0n) is 21.6. The first kappa shape index (κ1) is 33.7. The van der Waals surface area contributed by atoms with E-state index in [2.05, 4.69) is 30.7 Å². The van der Waals surface area contributed by atoms with Gasteiger partial charge in [-0.3, -0.25) is 38.4 Å². The van der Waals surface area contributed by atoms with E-state index in [0.717, 1.165) is 24.0 Å². The normalized spacial score (nSPS) is 9.89. The van der Waals surface area contributed by atoms with Gasteiger partial charge >= 0.3 is 11.9 Å². The molecule has 0 saturated heterocycles. The molecule has 6 amide bonds. The van der Waals surface area contributed by atoms with Crippen molar-refractivity contribution in [2.75, 3.05) is 73.1 Å². The second-order valence-electron chi connectivity index (χ2n) is 7.46. The summed E-state index contributed by atoms with van der Waals surface area (Å²) in [5.41, 5.74) is 5.15. The van der Waals surface area contributed by atoms with E-state index in [1.165, 1.54) is 0 Å². The molecule has 214 valence electrons. The Morgan fingerprint density at radius 2 is 1.00 bits per heavy atom. The molecule has 0 aliphatic carbocycles. The summed E-state index contributed by atoms with van der Waals surface area (Å²) in [7, 11) is 2.22. The molecule has 38 heavy (non-hydrogen) atoms. The Morgan fingerprint density at radius 3 is 1.34 bits per heavy atom. The smallest absolute Gasteiger partial charge is 0.325 e. The van der Waals surface area contributed by atoms with Crippen LogP contribution in [0.3, 0.4) is 0 Å². The lowest BCUT2D eigenvalue weighted by atomic mass is 10.3. The van der Waals surface area contributed by atoms with Crippen LogP contribution in [0.25, 0.3) is 0 Å². The summed E-state index contributed by atoms with van der Waals surface area (Å²) in [6.45, 7) is -1.91. The van der Waals surface area contributed by atoms with Gasteiger partial charge in [0.05, 0.1) is 33.9 Å². The van der Waals surface area contributed by atoms with Gasteiger partial charge in [-0.25, -0.2) is 0 Å². The average Bonchev–Trinajstić information content (AvgIpc) is 2.90. The Hall–Kier alpha value is -4.28. The maximum atomic E-state index is 12.3. The number of nitrogens with zero attached hydrogens (tertiary/aromatic N) is 2. The van der Waals surface area contributed by atoms with E-state index in [0.29, 0.717) is 0 Å². The molecule has 6 N–H and O–H groups in total. The third kappa shape index (κ3) is 15.0. The number of ether oxygens (including phenoxy) is 2. The van der Waals surface area contributed by atoms with Crippen LogP contribution in [-0.4, -0.2) is 130 Å². The molecule has 0 aromatic heterocycles. The largest absolute Gasteiger partial charge is 0.468 e. The highest BCUT2D eigenvalue weighted by Crippen LogP contribution is 1.94. The maximum absolute atomic E-state index is 12.3. The van der Waals surface area contributed by atoms with Crippen LogP contribution in [0.2, 0.25) is 0 Å². The van der Waals surface area contributed by atoms with Gasteiger partial charge in [0.25, 0.3) is 0 Å². The van der Waals surface area contributed by atoms with Crippen molar-refractivity contribution in [1.29, 1.82) is 0 Å². The average molecular weight is 546 g/mol. The van der Waals surface area contributed by atoms with Crippen LogP contribution in [0.5, 0.6) is 0 Å². The number of nitrogens with one attached hydrogen (secondary N) is 4. The Labute approximate surface area is 219 Å². The van der Waals surface area contributed by atoms with Crippen LogP contribution in [0, 0.1) is 0 Å². The van der Waals surface area contributed by atoms with Crippen molar-refractivity contribution in [2.45, 2.75) is 13.3 Å². The Morgan fingerprint density at radius 1 is 0.605 bits per heavy atom. The second kappa shape index (κ2) is 18.9.